The van der Waals surface area contributed by atoms with Crippen molar-refractivity contribution in [2.75, 3.05) is 0 Å². The fraction of sp³-hybridized carbons (Fsp3) is 0.647. The quantitative estimate of drug-likeness (QED) is 0.779. The molecule has 1 nitrogen and oxygen atoms in total. The number of rotatable bonds is 2. The van der Waals surface area contributed by atoms with Crippen LogP contribution in [0.1, 0.15) is 45.6 Å². The third-order valence-electron chi connectivity index (χ3n) is 4.70. The highest BCUT2D eigenvalue weighted by Crippen LogP contribution is 2.42. The van der Waals surface area contributed by atoms with Gasteiger partial charge in [0.1, 0.15) is 0 Å². The second-order valence-corrected chi connectivity index (χ2v) is 7.92. The molecule has 1 aromatic carbocycles. The first kappa shape index (κ1) is 16.1. The summed E-state index contributed by atoms with van der Waals surface area (Å²) in [6.45, 7) is 6.86. The average Bonchev–Trinajstić information content (AvgIpc) is 2.34. The molecule has 3 heteroatoms. The average molecular weight is 315 g/mol. The lowest BCUT2D eigenvalue weighted by molar-refractivity contribution is 0.0196. The molecule has 2 rings (SSSR count). The van der Waals surface area contributed by atoms with Gasteiger partial charge in [-0.25, -0.2) is 0 Å². The van der Waals surface area contributed by atoms with Crippen LogP contribution in [0.3, 0.4) is 0 Å². The molecule has 112 valence electrons. The number of benzene rings is 1. The van der Waals surface area contributed by atoms with Crippen molar-refractivity contribution in [3.8, 4) is 0 Å². The molecule has 1 aliphatic carbocycles. The van der Waals surface area contributed by atoms with Crippen LogP contribution >= 0.6 is 23.2 Å². The lowest BCUT2D eigenvalue weighted by Crippen LogP contribution is -2.35. The van der Waals surface area contributed by atoms with Gasteiger partial charge >= 0.3 is 0 Å². The van der Waals surface area contributed by atoms with E-state index in [0.717, 1.165) is 31.2 Å². The summed E-state index contributed by atoms with van der Waals surface area (Å²) >= 11 is 12.5. The van der Waals surface area contributed by atoms with Crippen LogP contribution in [0.25, 0.3) is 0 Å². The van der Waals surface area contributed by atoms with E-state index in [1.165, 1.54) is 0 Å². The summed E-state index contributed by atoms with van der Waals surface area (Å²) in [7, 11) is 0. The Morgan fingerprint density at radius 3 is 2.30 bits per heavy atom. The molecule has 1 aromatic rings. The van der Waals surface area contributed by atoms with Crippen LogP contribution in [0.5, 0.6) is 0 Å². The van der Waals surface area contributed by atoms with E-state index in [9.17, 15) is 5.11 Å². The van der Waals surface area contributed by atoms with E-state index >= 15 is 0 Å². The topological polar surface area (TPSA) is 20.2 Å². The van der Waals surface area contributed by atoms with E-state index in [1.807, 2.05) is 18.2 Å². The van der Waals surface area contributed by atoms with Crippen LogP contribution in [0.4, 0.5) is 0 Å². The van der Waals surface area contributed by atoms with Crippen LogP contribution in [-0.4, -0.2) is 11.2 Å². The Morgan fingerprint density at radius 1 is 1.15 bits per heavy atom. The van der Waals surface area contributed by atoms with Gasteiger partial charge in [-0.2, -0.15) is 0 Å². The zero-order valence-electron chi connectivity index (χ0n) is 12.5. The van der Waals surface area contributed by atoms with Crippen molar-refractivity contribution in [1.29, 1.82) is 0 Å². The van der Waals surface area contributed by atoms with Crippen LogP contribution in [0.2, 0.25) is 10.0 Å². The van der Waals surface area contributed by atoms with Gasteiger partial charge in [0.05, 0.1) is 6.10 Å². The molecule has 20 heavy (non-hydrogen) atoms. The number of halogens is 2. The van der Waals surface area contributed by atoms with Gasteiger partial charge in [-0.05, 0) is 60.6 Å². The van der Waals surface area contributed by atoms with Crippen molar-refractivity contribution < 1.29 is 5.11 Å². The summed E-state index contributed by atoms with van der Waals surface area (Å²) < 4.78 is 0. The van der Waals surface area contributed by atoms with E-state index in [-0.39, 0.29) is 12.0 Å². The zero-order valence-corrected chi connectivity index (χ0v) is 14.0. The van der Waals surface area contributed by atoms with Gasteiger partial charge < -0.3 is 5.11 Å². The molecule has 3 atom stereocenters. The highest BCUT2D eigenvalue weighted by molar-refractivity contribution is 6.35. The monoisotopic (exact) mass is 314 g/mol. The molecule has 1 saturated carbocycles. The molecule has 0 heterocycles. The van der Waals surface area contributed by atoms with E-state index in [1.54, 1.807) is 0 Å². The van der Waals surface area contributed by atoms with Crippen molar-refractivity contribution in [1.82, 2.24) is 0 Å². The van der Waals surface area contributed by atoms with Gasteiger partial charge in [0, 0.05) is 10.0 Å². The van der Waals surface area contributed by atoms with Gasteiger partial charge in [0.25, 0.3) is 0 Å². The maximum atomic E-state index is 10.3. The number of aliphatic hydroxyl groups excluding tert-OH is 1. The smallest absolute Gasteiger partial charge is 0.0571 e. The van der Waals surface area contributed by atoms with Crippen LogP contribution in [0.15, 0.2) is 18.2 Å². The second-order valence-electron chi connectivity index (χ2n) is 7.11. The van der Waals surface area contributed by atoms with Crippen molar-refractivity contribution in [3.05, 3.63) is 33.8 Å². The Kier molecular flexibility index (Phi) is 5.05. The van der Waals surface area contributed by atoms with Crippen molar-refractivity contribution in [2.45, 2.75) is 52.6 Å². The standard InChI is InChI=1S/C17H24Cl2O/c1-17(2,3)12-7-8-16(20)11(9-12)10-13-14(18)5-4-6-15(13)19/h4-6,11-12,16,20H,7-10H2,1-3H3. The molecule has 0 saturated heterocycles. The van der Waals surface area contributed by atoms with Crippen LogP contribution in [0, 0.1) is 17.3 Å². The second kappa shape index (κ2) is 6.25. The van der Waals surface area contributed by atoms with Gasteiger partial charge in [0.15, 0.2) is 0 Å². The summed E-state index contributed by atoms with van der Waals surface area (Å²) in [5.41, 5.74) is 1.28. The fourth-order valence-electron chi connectivity index (χ4n) is 3.24. The SMILES string of the molecule is CC(C)(C)C1CCC(O)C(Cc2c(Cl)cccc2Cl)C1. The Labute approximate surface area is 132 Å². The van der Waals surface area contributed by atoms with Crippen LogP contribution in [-0.2, 0) is 6.42 Å². The van der Waals surface area contributed by atoms with Gasteiger partial charge in [-0.15, -0.1) is 0 Å². The van der Waals surface area contributed by atoms with Crippen molar-refractivity contribution in [3.63, 3.8) is 0 Å². The lowest BCUT2D eigenvalue weighted by atomic mass is 9.67. The minimum atomic E-state index is -0.235. The maximum absolute atomic E-state index is 10.3. The summed E-state index contributed by atoms with van der Waals surface area (Å²) in [6, 6.07) is 5.61. The predicted molar refractivity (Wildman–Crippen MR) is 86.5 cm³/mol. The lowest BCUT2D eigenvalue weighted by Gasteiger charge is -2.40. The molecular formula is C17H24Cl2O. The molecule has 0 bridgehead atoms. The van der Waals surface area contributed by atoms with Gasteiger partial charge in [-0.3, -0.25) is 0 Å². The molecule has 0 amide bonds. The third-order valence-corrected chi connectivity index (χ3v) is 5.40. The van der Waals surface area contributed by atoms with Crippen LogP contribution < -0.4 is 0 Å². The summed E-state index contributed by atoms with van der Waals surface area (Å²) in [5.74, 6) is 0.905. The molecule has 0 aromatic heterocycles. The summed E-state index contributed by atoms with van der Waals surface area (Å²) in [4.78, 5) is 0. The first-order valence-electron chi connectivity index (χ1n) is 7.40. The largest absolute Gasteiger partial charge is 0.393 e. The molecule has 1 fully saturated rings. The Bertz CT molecular complexity index is 444. The molecular weight excluding hydrogens is 291 g/mol. The minimum Gasteiger partial charge on any atom is -0.393 e. The Hall–Kier alpha value is -0.240. The number of hydrogen-bond donors (Lipinski definition) is 1. The normalized spacial score (nSPS) is 27.6. The molecule has 1 N–H and O–H groups in total. The molecule has 1 aliphatic rings. The number of aliphatic hydroxyl groups is 1. The molecule has 0 spiro atoms. The van der Waals surface area contributed by atoms with Crippen molar-refractivity contribution >= 4 is 23.2 Å². The van der Waals surface area contributed by atoms with E-state index in [0.29, 0.717) is 21.4 Å². The summed E-state index contributed by atoms with van der Waals surface area (Å²) in [5, 5.41) is 11.7. The third kappa shape index (κ3) is 3.69. The Balaban J connectivity index is 2.15. The minimum absolute atomic E-state index is 0.235. The number of hydrogen-bond acceptors (Lipinski definition) is 1. The molecule has 0 aliphatic heterocycles. The molecule has 3 unspecified atom stereocenters. The summed E-state index contributed by atoms with van der Waals surface area (Å²) in [6.07, 6.45) is 3.57. The highest BCUT2D eigenvalue weighted by atomic mass is 35.5. The van der Waals surface area contributed by atoms with E-state index in [2.05, 4.69) is 20.8 Å². The van der Waals surface area contributed by atoms with Gasteiger partial charge in [-0.1, -0.05) is 50.0 Å². The molecule has 0 radical (unpaired) electrons. The van der Waals surface area contributed by atoms with Gasteiger partial charge in [0.2, 0.25) is 0 Å². The fourth-order valence-corrected chi connectivity index (χ4v) is 3.80. The predicted octanol–water partition coefficient (Wildman–Crippen LogP) is 5.36. The van der Waals surface area contributed by atoms with E-state index < -0.39 is 0 Å². The maximum Gasteiger partial charge on any atom is 0.0571 e. The van der Waals surface area contributed by atoms with E-state index in [4.69, 9.17) is 23.2 Å². The Morgan fingerprint density at radius 2 is 1.75 bits per heavy atom. The zero-order chi connectivity index (χ0) is 14.9. The first-order valence-corrected chi connectivity index (χ1v) is 8.15. The highest BCUT2D eigenvalue weighted by Gasteiger charge is 2.35. The first-order chi connectivity index (χ1) is 9.29. The van der Waals surface area contributed by atoms with Crippen molar-refractivity contribution in [2.24, 2.45) is 17.3 Å².